The summed E-state index contributed by atoms with van der Waals surface area (Å²) in [5.41, 5.74) is 4.59. The van der Waals surface area contributed by atoms with Gasteiger partial charge in [-0.25, -0.2) is 9.37 Å². The van der Waals surface area contributed by atoms with E-state index in [0.717, 1.165) is 47.6 Å². The molecule has 1 N–H and O–H groups in total. The second-order valence-corrected chi connectivity index (χ2v) is 7.79. The van der Waals surface area contributed by atoms with Crippen LogP contribution in [0.4, 0.5) is 4.39 Å². The van der Waals surface area contributed by atoms with Gasteiger partial charge in [-0.15, -0.1) is 0 Å². The molecular weight excluding hydrogens is 393 g/mol. The van der Waals surface area contributed by atoms with Gasteiger partial charge < -0.3 is 9.55 Å². The Labute approximate surface area is 179 Å². The number of H-pyrrole nitrogens is 1. The third kappa shape index (κ3) is 4.18. The average Bonchev–Trinajstić information content (AvgIpc) is 3.22. The van der Waals surface area contributed by atoms with E-state index in [1.54, 1.807) is 12.4 Å². The van der Waals surface area contributed by atoms with Crippen LogP contribution in [0.5, 0.6) is 0 Å². The zero-order valence-corrected chi connectivity index (χ0v) is 17.0. The molecule has 0 unspecified atom stereocenters. The lowest BCUT2D eigenvalue weighted by molar-refractivity contribution is 0.236. The van der Waals surface area contributed by atoms with Gasteiger partial charge in [0.05, 0.1) is 11.3 Å². The van der Waals surface area contributed by atoms with Crippen molar-refractivity contribution < 1.29 is 4.39 Å². The fourth-order valence-corrected chi connectivity index (χ4v) is 4.03. The molecule has 4 aromatic rings. The zero-order valence-electron chi connectivity index (χ0n) is 17.0. The second-order valence-electron chi connectivity index (χ2n) is 7.79. The number of nitrogens with one attached hydrogen (secondary N) is 1. The minimum atomic E-state index is -0.227. The van der Waals surface area contributed by atoms with Crippen LogP contribution in [0.2, 0.25) is 0 Å². The van der Waals surface area contributed by atoms with Crippen LogP contribution < -0.4 is 5.56 Å². The van der Waals surface area contributed by atoms with E-state index in [0.29, 0.717) is 18.9 Å². The first kappa shape index (κ1) is 19.4. The molecule has 0 bridgehead atoms. The number of fused-ring (bicyclic) bond motifs is 1. The summed E-state index contributed by atoms with van der Waals surface area (Å²) in [6.07, 6.45) is 6.15. The molecule has 0 saturated carbocycles. The van der Waals surface area contributed by atoms with Crippen molar-refractivity contribution in [2.75, 3.05) is 6.54 Å². The molecule has 0 radical (unpaired) electrons. The van der Waals surface area contributed by atoms with Crippen molar-refractivity contribution in [2.45, 2.75) is 26.1 Å². The number of hydrogen-bond donors (Lipinski definition) is 1. The summed E-state index contributed by atoms with van der Waals surface area (Å²) in [5.74, 6) is 0.363. The van der Waals surface area contributed by atoms with Crippen molar-refractivity contribution in [3.05, 3.63) is 106 Å². The second kappa shape index (κ2) is 8.28. The maximum absolute atomic E-state index is 13.2. The van der Waals surface area contributed by atoms with Gasteiger partial charge >= 0.3 is 0 Å². The number of aromatic amines is 1. The van der Waals surface area contributed by atoms with Crippen molar-refractivity contribution in [3.63, 3.8) is 0 Å². The van der Waals surface area contributed by atoms with Gasteiger partial charge in [-0.3, -0.25) is 14.7 Å². The molecule has 5 rings (SSSR count). The van der Waals surface area contributed by atoms with Crippen molar-refractivity contribution in [1.82, 2.24) is 24.4 Å². The monoisotopic (exact) mass is 415 g/mol. The Kier molecular flexibility index (Phi) is 5.18. The molecule has 1 aliphatic heterocycles. The molecule has 6 nitrogen and oxygen atoms in total. The molecule has 1 aliphatic rings. The van der Waals surface area contributed by atoms with Crippen LogP contribution in [-0.2, 0) is 26.1 Å². The maximum atomic E-state index is 13.2. The lowest BCUT2D eigenvalue weighted by Crippen LogP contribution is -2.36. The number of benzene rings is 1. The highest BCUT2D eigenvalue weighted by molar-refractivity contribution is 5.54. The quantitative estimate of drug-likeness (QED) is 0.543. The Hall–Kier alpha value is -3.58. The molecule has 0 spiro atoms. The van der Waals surface area contributed by atoms with Crippen LogP contribution in [0.15, 0.2) is 71.9 Å². The molecule has 4 heterocycles. The van der Waals surface area contributed by atoms with E-state index in [1.165, 1.54) is 12.1 Å². The summed E-state index contributed by atoms with van der Waals surface area (Å²) in [5, 5.41) is 0. The van der Waals surface area contributed by atoms with Crippen molar-refractivity contribution >= 4 is 0 Å². The van der Waals surface area contributed by atoms with Gasteiger partial charge in [0.2, 0.25) is 0 Å². The van der Waals surface area contributed by atoms with E-state index in [4.69, 9.17) is 4.98 Å². The summed E-state index contributed by atoms with van der Waals surface area (Å²) in [6.45, 7) is 2.82. The number of hydrogen-bond acceptors (Lipinski definition) is 4. The van der Waals surface area contributed by atoms with E-state index in [2.05, 4.69) is 25.5 Å². The Morgan fingerprint density at radius 3 is 2.65 bits per heavy atom. The molecule has 0 fully saturated rings. The number of aromatic nitrogens is 4. The van der Waals surface area contributed by atoms with Gasteiger partial charge in [0.15, 0.2) is 0 Å². The minimum Gasteiger partial charge on any atom is -0.346 e. The molecule has 0 amide bonds. The lowest BCUT2D eigenvalue weighted by Gasteiger charge is -2.28. The topological polar surface area (TPSA) is 66.8 Å². The van der Waals surface area contributed by atoms with E-state index in [1.807, 2.05) is 36.5 Å². The Balaban J connectivity index is 1.32. The number of pyridine rings is 1. The predicted molar refractivity (Wildman–Crippen MR) is 116 cm³/mol. The van der Waals surface area contributed by atoms with E-state index in [9.17, 15) is 9.18 Å². The molecule has 3 aromatic heterocycles. The van der Waals surface area contributed by atoms with Crippen LogP contribution >= 0.6 is 0 Å². The highest BCUT2D eigenvalue weighted by Gasteiger charge is 2.22. The third-order valence-corrected chi connectivity index (χ3v) is 5.68. The summed E-state index contributed by atoms with van der Waals surface area (Å²) in [6, 6.07) is 14.4. The SMILES string of the molecule is O=c1[nH]c(-c2ccncc2)nc2c1CN(Cc1cccn1Cc1ccc(F)cc1)CC2. The van der Waals surface area contributed by atoms with Crippen molar-refractivity contribution in [1.29, 1.82) is 0 Å². The van der Waals surface area contributed by atoms with Gasteiger partial charge in [-0.2, -0.15) is 0 Å². The summed E-state index contributed by atoms with van der Waals surface area (Å²) in [4.78, 5) is 26.7. The van der Waals surface area contributed by atoms with Crippen molar-refractivity contribution in [3.8, 4) is 11.4 Å². The van der Waals surface area contributed by atoms with Gasteiger partial charge in [-0.1, -0.05) is 12.1 Å². The van der Waals surface area contributed by atoms with Crippen LogP contribution in [0.1, 0.15) is 22.5 Å². The van der Waals surface area contributed by atoms with Crippen LogP contribution in [0.25, 0.3) is 11.4 Å². The van der Waals surface area contributed by atoms with E-state index in [-0.39, 0.29) is 11.4 Å². The Morgan fingerprint density at radius 2 is 1.84 bits per heavy atom. The van der Waals surface area contributed by atoms with Gasteiger partial charge in [0.25, 0.3) is 5.56 Å². The predicted octanol–water partition coefficient (Wildman–Crippen LogP) is 3.38. The standard InChI is InChI=1S/C24H22FN5O/c25-19-5-3-17(4-6-19)14-30-12-1-2-20(30)15-29-13-9-22-21(16-29)24(31)28-23(27-22)18-7-10-26-11-8-18/h1-8,10-12H,9,13-16H2,(H,27,28,31). The molecular formula is C24H22FN5O. The first-order valence-corrected chi connectivity index (χ1v) is 10.3. The largest absolute Gasteiger partial charge is 0.346 e. The van der Waals surface area contributed by atoms with Crippen molar-refractivity contribution in [2.24, 2.45) is 0 Å². The zero-order chi connectivity index (χ0) is 21.2. The van der Waals surface area contributed by atoms with Gasteiger partial charge in [-0.05, 0) is 42.0 Å². The number of halogens is 1. The molecule has 31 heavy (non-hydrogen) atoms. The summed E-state index contributed by atoms with van der Waals surface area (Å²) in [7, 11) is 0. The molecule has 156 valence electrons. The Morgan fingerprint density at radius 1 is 1.03 bits per heavy atom. The first-order valence-electron chi connectivity index (χ1n) is 10.3. The normalized spacial score (nSPS) is 13.8. The van der Waals surface area contributed by atoms with E-state index >= 15 is 0 Å². The summed E-state index contributed by atoms with van der Waals surface area (Å²) < 4.78 is 15.3. The number of nitrogens with zero attached hydrogens (tertiary/aromatic N) is 4. The third-order valence-electron chi connectivity index (χ3n) is 5.68. The summed E-state index contributed by atoms with van der Waals surface area (Å²) >= 11 is 0. The molecule has 0 atom stereocenters. The molecule has 0 aliphatic carbocycles. The maximum Gasteiger partial charge on any atom is 0.255 e. The van der Waals surface area contributed by atoms with Gasteiger partial charge in [0, 0.05) is 62.4 Å². The highest BCUT2D eigenvalue weighted by Crippen LogP contribution is 2.20. The average molecular weight is 415 g/mol. The number of rotatable bonds is 5. The fourth-order valence-electron chi connectivity index (χ4n) is 4.03. The molecule has 0 saturated heterocycles. The van der Waals surface area contributed by atoms with Crippen LogP contribution in [-0.4, -0.2) is 31.0 Å². The van der Waals surface area contributed by atoms with Gasteiger partial charge in [0.1, 0.15) is 11.6 Å². The van der Waals surface area contributed by atoms with E-state index < -0.39 is 0 Å². The van der Waals surface area contributed by atoms with Crippen LogP contribution in [0, 0.1) is 5.82 Å². The van der Waals surface area contributed by atoms with Crippen LogP contribution in [0.3, 0.4) is 0 Å². The fraction of sp³-hybridized carbons (Fsp3) is 0.208. The first-order chi connectivity index (χ1) is 15.2. The highest BCUT2D eigenvalue weighted by atomic mass is 19.1. The Bertz CT molecular complexity index is 1250. The minimum absolute atomic E-state index is 0.0804. The molecule has 7 heteroatoms. The smallest absolute Gasteiger partial charge is 0.255 e. The lowest BCUT2D eigenvalue weighted by atomic mass is 10.1. The molecule has 1 aromatic carbocycles.